The summed E-state index contributed by atoms with van der Waals surface area (Å²) in [5, 5.41) is 8.96. The molecule has 2 atom stereocenters. The molecule has 2 aliphatic heterocycles. The molecule has 0 unspecified atom stereocenters. The Morgan fingerprint density at radius 3 is 2.62 bits per heavy atom. The van der Waals surface area contributed by atoms with Gasteiger partial charge in [-0.15, -0.1) is 6.58 Å². The minimum atomic E-state index is -1.32. The van der Waals surface area contributed by atoms with Crippen molar-refractivity contribution in [3.05, 3.63) is 72.3 Å². The predicted octanol–water partition coefficient (Wildman–Crippen LogP) is 4.36. The highest BCUT2D eigenvalue weighted by Crippen LogP contribution is 2.50. The zero-order chi connectivity index (χ0) is 26.6. The first-order chi connectivity index (χ1) is 17.7. The maximum Gasteiger partial charge on any atom is 0.306 e. The largest absolute Gasteiger partial charge is 0.494 e. The van der Waals surface area contributed by atoms with E-state index in [1.165, 1.54) is 0 Å². The van der Waals surface area contributed by atoms with E-state index in [9.17, 15) is 9.59 Å². The lowest BCUT2D eigenvalue weighted by Crippen LogP contribution is -2.54. The molecular weight excluding hydrogens is 472 g/mol. The number of fused-ring (bicyclic) bond motifs is 3. The number of esters is 1. The fraction of sp³-hybridized carbons (Fsp3) is 0.414. The third-order valence-electron chi connectivity index (χ3n) is 6.20. The number of nitrogens with zero attached hydrogens (tertiary/aromatic N) is 2. The van der Waals surface area contributed by atoms with E-state index in [-0.39, 0.29) is 25.4 Å². The van der Waals surface area contributed by atoms with Gasteiger partial charge in [-0.05, 0) is 57.5 Å². The Morgan fingerprint density at radius 1 is 1.22 bits per heavy atom. The van der Waals surface area contributed by atoms with E-state index in [0.717, 1.165) is 11.3 Å². The standard InChI is InChI=1S/C29H34N2O6/c1-5-17-31-23-10-7-6-9-22(23)25-29(27(31)34,16-15-24(33)37-28(2,3)4)30-26(36-25)20-11-13-21(14-12-20)35-19-8-18-32/h5-7,9-14,25,32H,1,8,15-19H2,2-4H3/t25-,29-/m0/s1. The number of aliphatic imine (C=N–C) groups is 1. The first kappa shape index (κ1) is 26.4. The highest BCUT2D eigenvalue weighted by Gasteiger charge is 2.58. The number of aliphatic hydroxyl groups is 1. The molecule has 0 saturated carbocycles. The number of benzene rings is 2. The maximum absolute atomic E-state index is 14.1. The molecule has 0 aliphatic carbocycles. The summed E-state index contributed by atoms with van der Waals surface area (Å²) in [4.78, 5) is 33.3. The average molecular weight is 507 g/mol. The first-order valence-corrected chi connectivity index (χ1v) is 12.5. The zero-order valence-electron chi connectivity index (χ0n) is 21.6. The number of para-hydroxylation sites is 1. The van der Waals surface area contributed by atoms with Crippen molar-refractivity contribution in [2.45, 2.75) is 57.3 Å². The molecule has 0 radical (unpaired) electrons. The first-order valence-electron chi connectivity index (χ1n) is 12.5. The number of rotatable bonds is 10. The Morgan fingerprint density at radius 2 is 1.95 bits per heavy atom. The number of hydrogen-bond acceptors (Lipinski definition) is 7. The summed E-state index contributed by atoms with van der Waals surface area (Å²) < 4.78 is 17.5. The van der Waals surface area contributed by atoms with Crippen molar-refractivity contribution >= 4 is 23.5 Å². The van der Waals surface area contributed by atoms with Crippen molar-refractivity contribution in [1.29, 1.82) is 0 Å². The molecule has 0 fully saturated rings. The van der Waals surface area contributed by atoms with Crippen molar-refractivity contribution in [2.24, 2.45) is 4.99 Å². The van der Waals surface area contributed by atoms with E-state index >= 15 is 0 Å². The number of ether oxygens (including phenoxy) is 3. The van der Waals surface area contributed by atoms with Crippen molar-refractivity contribution in [3.63, 3.8) is 0 Å². The van der Waals surface area contributed by atoms with Gasteiger partial charge in [0.25, 0.3) is 5.91 Å². The topological polar surface area (TPSA) is 97.7 Å². The number of amides is 1. The second-order valence-corrected chi connectivity index (χ2v) is 10.1. The molecule has 1 N–H and O–H groups in total. The van der Waals surface area contributed by atoms with Gasteiger partial charge in [-0.25, -0.2) is 4.99 Å². The van der Waals surface area contributed by atoms with E-state index in [1.54, 1.807) is 23.1 Å². The smallest absolute Gasteiger partial charge is 0.306 e. The third kappa shape index (κ3) is 5.54. The SMILES string of the molecule is C=CCN1C(=O)[C@@]2(CCC(=O)OC(C)(C)C)N=C(c3ccc(OCCCO)cc3)O[C@H]2c2ccccc21. The average Bonchev–Trinajstić information content (AvgIpc) is 3.26. The van der Waals surface area contributed by atoms with Crippen LogP contribution in [0.2, 0.25) is 0 Å². The quantitative estimate of drug-likeness (QED) is 0.292. The summed E-state index contributed by atoms with van der Waals surface area (Å²) in [6.45, 7) is 10.0. The van der Waals surface area contributed by atoms with Crippen LogP contribution in [0.4, 0.5) is 5.69 Å². The second kappa shape index (κ2) is 10.8. The Bertz CT molecular complexity index is 1180. The molecule has 0 saturated heterocycles. The van der Waals surface area contributed by atoms with Crippen molar-refractivity contribution < 1.29 is 28.9 Å². The lowest BCUT2D eigenvalue weighted by molar-refractivity contribution is -0.155. The van der Waals surface area contributed by atoms with Crippen LogP contribution in [0.5, 0.6) is 5.75 Å². The molecule has 0 spiro atoms. The van der Waals surface area contributed by atoms with Gasteiger partial charge in [0.05, 0.1) is 12.3 Å². The van der Waals surface area contributed by atoms with Gasteiger partial charge in [-0.1, -0.05) is 24.3 Å². The van der Waals surface area contributed by atoms with Gasteiger partial charge in [0.1, 0.15) is 11.4 Å². The number of anilines is 1. The van der Waals surface area contributed by atoms with Crippen molar-refractivity contribution in [2.75, 3.05) is 24.7 Å². The van der Waals surface area contributed by atoms with E-state index in [2.05, 4.69) is 6.58 Å². The molecule has 8 heteroatoms. The molecule has 196 valence electrons. The fourth-order valence-electron chi connectivity index (χ4n) is 4.62. The van der Waals surface area contributed by atoms with E-state index < -0.39 is 23.2 Å². The molecule has 2 aromatic carbocycles. The molecule has 37 heavy (non-hydrogen) atoms. The summed E-state index contributed by atoms with van der Waals surface area (Å²) in [5.41, 5.74) is 0.319. The maximum atomic E-state index is 14.1. The highest BCUT2D eigenvalue weighted by molar-refractivity contribution is 6.09. The van der Waals surface area contributed by atoms with Gasteiger partial charge < -0.3 is 24.2 Å². The number of aliphatic hydroxyl groups excluding tert-OH is 1. The second-order valence-electron chi connectivity index (χ2n) is 10.1. The van der Waals surface area contributed by atoms with Gasteiger partial charge in [0.15, 0.2) is 11.6 Å². The third-order valence-corrected chi connectivity index (χ3v) is 6.20. The molecule has 4 rings (SSSR count). The molecule has 1 amide bonds. The van der Waals surface area contributed by atoms with Crippen LogP contribution in [0.15, 0.2) is 66.2 Å². The molecule has 0 bridgehead atoms. The minimum Gasteiger partial charge on any atom is -0.494 e. The van der Waals surface area contributed by atoms with Crippen LogP contribution in [0.25, 0.3) is 0 Å². The predicted molar refractivity (Wildman–Crippen MR) is 141 cm³/mol. The monoisotopic (exact) mass is 506 g/mol. The van der Waals surface area contributed by atoms with Crippen molar-refractivity contribution in [3.8, 4) is 5.75 Å². The van der Waals surface area contributed by atoms with Crippen LogP contribution in [0.3, 0.4) is 0 Å². The fourth-order valence-corrected chi connectivity index (χ4v) is 4.62. The Labute approximate surface area is 217 Å². The Balaban J connectivity index is 1.70. The lowest BCUT2D eigenvalue weighted by Gasteiger charge is -2.41. The summed E-state index contributed by atoms with van der Waals surface area (Å²) in [5.74, 6) is 0.361. The molecular formula is C29H34N2O6. The van der Waals surface area contributed by atoms with Crippen molar-refractivity contribution in [1.82, 2.24) is 0 Å². The number of hydrogen-bond donors (Lipinski definition) is 1. The van der Waals surface area contributed by atoms with Gasteiger partial charge in [-0.2, -0.15) is 0 Å². The zero-order valence-corrected chi connectivity index (χ0v) is 21.6. The highest BCUT2D eigenvalue weighted by atomic mass is 16.6. The number of carbonyl (C=O) groups excluding carboxylic acids is 2. The van der Waals surface area contributed by atoms with Crippen LogP contribution in [-0.2, 0) is 19.1 Å². The number of carbonyl (C=O) groups is 2. The Hall–Kier alpha value is -3.65. The van der Waals surface area contributed by atoms with Gasteiger partial charge in [0.2, 0.25) is 5.90 Å². The van der Waals surface area contributed by atoms with Crippen LogP contribution < -0.4 is 9.64 Å². The molecule has 2 aliphatic rings. The molecule has 0 aromatic heterocycles. The van der Waals surface area contributed by atoms with E-state index in [4.69, 9.17) is 24.3 Å². The van der Waals surface area contributed by atoms with Gasteiger partial charge in [0, 0.05) is 37.1 Å². The van der Waals surface area contributed by atoms with Crippen LogP contribution in [-0.4, -0.2) is 53.8 Å². The van der Waals surface area contributed by atoms with E-state index in [1.807, 2.05) is 57.2 Å². The van der Waals surface area contributed by atoms with Gasteiger partial charge >= 0.3 is 5.97 Å². The van der Waals surface area contributed by atoms with Crippen LogP contribution in [0, 0.1) is 0 Å². The normalized spacial score (nSPS) is 20.4. The van der Waals surface area contributed by atoms with Crippen LogP contribution >= 0.6 is 0 Å². The summed E-state index contributed by atoms with van der Waals surface area (Å²) >= 11 is 0. The van der Waals surface area contributed by atoms with E-state index in [0.29, 0.717) is 36.8 Å². The summed E-state index contributed by atoms with van der Waals surface area (Å²) in [6, 6.07) is 14.8. The summed E-state index contributed by atoms with van der Waals surface area (Å²) in [6.07, 6.45) is 1.69. The molecule has 2 aromatic rings. The molecule has 8 nitrogen and oxygen atoms in total. The van der Waals surface area contributed by atoms with Crippen LogP contribution in [0.1, 0.15) is 57.3 Å². The lowest BCUT2D eigenvalue weighted by atomic mass is 9.79. The minimum absolute atomic E-state index is 0.0153. The summed E-state index contributed by atoms with van der Waals surface area (Å²) in [7, 11) is 0. The Kier molecular flexibility index (Phi) is 7.68. The molecule has 2 heterocycles. The van der Waals surface area contributed by atoms with Gasteiger partial charge in [-0.3, -0.25) is 9.59 Å².